The van der Waals surface area contributed by atoms with Crippen LogP contribution in [0.1, 0.15) is 85.5 Å². The molecule has 9 fully saturated rings. The summed E-state index contributed by atoms with van der Waals surface area (Å²) in [5.41, 5.74) is -0.152. The van der Waals surface area contributed by atoms with Gasteiger partial charge in [0.25, 0.3) is 0 Å². The van der Waals surface area contributed by atoms with Crippen molar-refractivity contribution < 1.29 is 83.5 Å². The second-order valence-electron chi connectivity index (χ2n) is 20.6. The third-order valence-corrected chi connectivity index (χ3v) is 17.3. The van der Waals surface area contributed by atoms with Crippen LogP contribution < -0.4 is 0 Å². The van der Waals surface area contributed by atoms with Crippen LogP contribution in [0.2, 0.25) is 0 Å². The van der Waals surface area contributed by atoms with Crippen molar-refractivity contribution in [1.29, 1.82) is 0 Å². The van der Waals surface area contributed by atoms with Gasteiger partial charge in [-0.3, -0.25) is 4.79 Å². The van der Waals surface area contributed by atoms with E-state index in [1.807, 2.05) is 0 Å². The number of ketones is 1. The lowest BCUT2D eigenvalue weighted by atomic mass is 9.44. The number of hydrogen-bond donors (Lipinski definition) is 8. The van der Waals surface area contributed by atoms with Crippen LogP contribution in [0.5, 0.6) is 0 Å². The third kappa shape index (κ3) is 7.26. The van der Waals surface area contributed by atoms with Gasteiger partial charge >= 0.3 is 0 Å². The SMILES string of the molecule is CC1CC[C@@]2(OC1)O[C@H]1C[C@H]3[C@@H]4CC(=O)[C@H]5C[C@@H](O[C@@H]6O[C@H](CO[C@H]7OC[C@@H](O)[C@@H](O)[C@@H]7O)[C@@H](O[C@@H]7OC[C@@H](O)[C@H](O)[C@H]7O)[C@H](O)[C@H]6O)CC[C@]5(C)[C@H]4CC[C@]3(C)[C@H]1[C@@H]2C. The first-order valence-electron chi connectivity index (χ1n) is 22.6. The summed E-state index contributed by atoms with van der Waals surface area (Å²) in [7, 11) is 0. The predicted molar refractivity (Wildman–Crippen MR) is 204 cm³/mol. The molecule has 342 valence electrons. The number of carbonyl (C=O) groups excluding carboxylic acids is 1. The fraction of sp³-hybridized carbons (Fsp3) is 0.977. The highest BCUT2D eigenvalue weighted by Gasteiger charge is 2.70. The van der Waals surface area contributed by atoms with Gasteiger partial charge in [0.2, 0.25) is 0 Å². The summed E-state index contributed by atoms with van der Waals surface area (Å²) in [4.78, 5) is 14.4. The molecular formula is C43H68O17. The Bertz CT molecular complexity index is 1550. The number of fused-ring (bicyclic) bond motifs is 7. The molecule has 4 saturated carbocycles. The minimum absolute atomic E-state index is 0.0760. The van der Waals surface area contributed by atoms with E-state index >= 15 is 0 Å². The number of aliphatic hydroxyl groups excluding tert-OH is 8. The van der Waals surface area contributed by atoms with Gasteiger partial charge in [0.15, 0.2) is 24.7 Å². The number of ether oxygens (including phenoxy) is 8. The fourth-order valence-corrected chi connectivity index (χ4v) is 13.8. The molecule has 0 bridgehead atoms. The molecule has 1 spiro atoms. The average Bonchev–Trinajstić information content (AvgIpc) is 3.67. The topological polar surface area (TPSA) is 253 Å². The lowest BCUT2D eigenvalue weighted by molar-refractivity contribution is -0.361. The molecule has 17 heteroatoms. The van der Waals surface area contributed by atoms with E-state index in [9.17, 15) is 45.6 Å². The van der Waals surface area contributed by atoms with Gasteiger partial charge in [0.05, 0.1) is 38.6 Å². The van der Waals surface area contributed by atoms with Crippen LogP contribution in [0.3, 0.4) is 0 Å². The molecule has 4 aliphatic carbocycles. The molecule has 25 atom stereocenters. The Labute approximate surface area is 350 Å². The van der Waals surface area contributed by atoms with Crippen molar-refractivity contribution in [2.24, 2.45) is 52.3 Å². The average molecular weight is 857 g/mol. The van der Waals surface area contributed by atoms with E-state index in [-0.39, 0.29) is 47.8 Å². The Hall–Kier alpha value is -0.970. The maximum absolute atomic E-state index is 14.4. The van der Waals surface area contributed by atoms with Gasteiger partial charge in [-0.05, 0) is 85.4 Å². The maximum atomic E-state index is 14.4. The normalized spacial score (nSPS) is 58.0. The molecule has 9 aliphatic rings. The van der Waals surface area contributed by atoms with Gasteiger partial charge in [0, 0.05) is 24.7 Å². The van der Waals surface area contributed by atoms with E-state index in [1.54, 1.807) is 0 Å². The molecule has 17 nitrogen and oxygen atoms in total. The molecule has 60 heavy (non-hydrogen) atoms. The Morgan fingerprint density at radius 2 is 1.37 bits per heavy atom. The number of aliphatic hydroxyl groups is 8. The molecule has 8 N–H and O–H groups in total. The summed E-state index contributed by atoms with van der Waals surface area (Å²) < 4.78 is 48.5. The van der Waals surface area contributed by atoms with Crippen LogP contribution >= 0.6 is 0 Å². The van der Waals surface area contributed by atoms with Crippen molar-refractivity contribution >= 4 is 5.78 Å². The Balaban J connectivity index is 0.871. The van der Waals surface area contributed by atoms with Crippen LogP contribution in [0.25, 0.3) is 0 Å². The standard InChI is InChI=1S/C43H68O17/c1-18-5-10-43(56-14-18)19(2)30-28(60-43)13-23-21-12-25(44)24-11-20(6-8-41(24,3)22(21)7-9-42(23,30)4)57-40-36(52)33(49)37(59-39-35(51)32(48)27(46)16-54-39)29(58-40)17-55-38-34(50)31(47)26(45)15-53-38/h18-24,26-40,45-52H,5-17H2,1-4H3/t18?,19-,20-,21+,22-,23-,24+,26+,27+,28-,29+,30-,31+,32-,33+,34-,35+,36+,37+,38+,39-,40+,41+,42-,43+/m0/s1. The molecule has 0 amide bonds. The molecule has 5 aliphatic heterocycles. The zero-order chi connectivity index (χ0) is 42.6. The van der Waals surface area contributed by atoms with E-state index in [2.05, 4.69) is 27.7 Å². The molecule has 0 aromatic rings. The molecule has 0 radical (unpaired) electrons. The Kier molecular flexibility index (Phi) is 12.1. The fourth-order valence-electron chi connectivity index (χ4n) is 13.8. The maximum Gasteiger partial charge on any atom is 0.186 e. The molecule has 5 saturated heterocycles. The second kappa shape index (κ2) is 16.5. The monoisotopic (exact) mass is 856 g/mol. The van der Waals surface area contributed by atoms with Crippen molar-refractivity contribution in [3.05, 3.63) is 0 Å². The molecule has 5 heterocycles. The Morgan fingerprint density at radius 3 is 2.07 bits per heavy atom. The smallest absolute Gasteiger partial charge is 0.186 e. The molecule has 0 aromatic carbocycles. The highest BCUT2D eigenvalue weighted by molar-refractivity contribution is 5.83. The first kappa shape index (κ1) is 44.2. The van der Waals surface area contributed by atoms with Gasteiger partial charge < -0.3 is 78.7 Å². The van der Waals surface area contributed by atoms with Gasteiger partial charge in [0.1, 0.15) is 66.8 Å². The molecule has 0 aromatic heterocycles. The van der Waals surface area contributed by atoms with Gasteiger partial charge in [-0.25, -0.2) is 0 Å². The molecular weight excluding hydrogens is 788 g/mol. The summed E-state index contributed by atoms with van der Waals surface area (Å²) >= 11 is 0. The number of hydrogen-bond acceptors (Lipinski definition) is 17. The zero-order valence-corrected chi connectivity index (χ0v) is 35.1. The van der Waals surface area contributed by atoms with Crippen molar-refractivity contribution in [2.45, 2.75) is 183 Å². The molecule has 1 unspecified atom stereocenters. The van der Waals surface area contributed by atoms with Gasteiger partial charge in [-0.2, -0.15) is 0 Å². The third-order valence-electron chi connectivity index (χ3n) is 17.3. The van der Waals surface area contributed by atoms with Crippen molar-refractivity contribution in [2.75, 3.05) is 26.4 Å². The lowest BCUT2D eigenvalue weighted by Crippen LogP contribution is -2.64. The number of carbonyl (C=O) groups is 1. The van der Waals surface area contributed by atoms with E-state index in [0.717, 1.165) is 45.1 Å². The summed E-state index contributed by atoms with van der Waals surface area (Å²) in [6, 6.07) is 0. The lowest BCUT2D eigenvalue weighted by Gasteiger charge is -2.60. The van der Waals surface area contributed by atoms with Crippen molar-refractivity contribution in [1.82, 2.24) is 0 Å². The number of Topliss-reactive ketones (excluding diaryl/α,β-unsaturated/α-hetero) is 1. The summed E-state index contributed by atoms with van der Waals surface area (Å²) in [6.45, 7) is 8.90. The zero-order valence-electron chi connectivity index (χ0n) is 35.1. The summed E-state index contributed by atoms with van der Waals surface area (Å²) in [5, 5.41) is 84.3. The van der Waals surface area contributed by atoms with Gasteiger partial charge in [-0.1, -0.05) is 27.7 Å². The van der Waals surface area contributed by atoms with Crippen molar-refractivity contribution in [3.63, 3.8) is 0 Å². The van der Waals surface area contributed by atoms with Gasteiger partial charge in [-0.15, -0.1) is 0 Å². The highest BCUT2D eigenvalue weighted by atomic mass is 16.8. The van der Waals surface area contributed by atoms with Crippen molar-refractivity contribution in [3.8, 4) is 0 Å². The quantitative estimate of drug-likeness (QED) is 0.153. The summed E-state index contributed by atoms with van der Waals surface area (Å²) in [6.07, 6.45) is -12.5. The van der Waals surface area contributed by atoms with Crippen LogP contribution in [-0.2, 0) is 42.7 Å². The van der Waals surface area contributed by atoms with Crippen LogP contribution in [0.15, 0.2) is 0 Å². The van der Waals surface area contributed by atoms with E-state index < -0.39 is 98.4 Å². The van der Waals surface area contributed by atoms with Crippen LogP contribution in [0, 0.1) is 52.3 Å². The number of rotatable bonds is 7. The van der Waals surface area contributed by atoms with E-state index in [1.165, 1.54) is 0 Å². The largest absolute Gasteiger partial charge is 0.388 e. The minimum Gasteiger partial charge on any atom is -0.388 e. The first-order valence-corrected chi connectivity index (χ1v) is 22.6. The van der Waals surface area contributed by atoms with Crippen LogP contribution in [0.4, 0.5) is 0 Å². The van der Waals surface area contributed by atoms with E-state index in [4.69, 9.17) is 37.9 Å². The van der Waals surface area contributed by atoms with Crippen LogP contribution in [-0.4, -0.2) is 171 Å². The first-order chi connectivity index (χ1) is 28.5. The Morgan fingerprint density at radius 1 is 0.700 bits per heavy atom. The predicted octanol–water partition coefficient (Wildman–Crippen LogP) is -0.276. The second-order valence-corrected chi connectivity index (χ2v) is 20.6. The highest BCUT2D eigenvalue weighted by Crippen LogP contribution is 2.71. The summed E-state index contributed by atoms with van der Waals surface area (Å²) in [5.74, 6) is 1.79. The van der Waals surface area contributed by atoms with E-state index in [0.29, 0.717) is 48.9 Å². The molecule has 9 rings (SSSR count). The minimum atomic E-state index is -1.71.